The largest absolute Gasteiger partial charge is 0.405 e. The summed E-state index contributed by atoms with van der Waals surface area (Å²) in [6, 6.07) is 21.3. The Morgan fingerprint density at radius 1 is 0.958 bits per heavy atom. The van der Waals surface area contributed by atoms with Crippen molar-refractivity contribution < 1.29 is 9.16 Å². The van der Waals surface area contributed by atoms with Gasteiger partial charge >= 0.3 is 0 Å². The second-order valence-electron chi connectivity index (χ2n) is 7.81. The van der Waals surface area contributed by atoms with Gasteiger partial charge in [0.25, 0.3) is 8.32 Å². The molecule has 0 atom stereocenters. The van der Waals surface area contributed by atoms with Crippen molar-refractivity contribution in [3.05, 3.63) is 60.7 Å². The minimum absolute atomic E-state index is 0.0172. The van der Waals surface area contributed by atoms with Crippen molar-refractivity contribution in [1.82, 2.24) is 0 Å². The quantitative estimate of drug-likeness (QED) is 0.849. The highest BCUT2D eigenvalue weighted by Crippen LogP contribution is 2.37. The van der Waals surface area contributed by atoms with E-state index in [1.165, 1.54) is 10.4 Å². The summed E-state index contributed by atoms with van der Waals surface area (Å²) < 4.78 is 12.1. The Labute approximate surface area is 145 Å². The first kappa shape index (κ1) is 17.4. The Morgan fingerprint density at radius 2 is 1.42 bits per heavy atom. The van der Waals surface area contributed by atoms with Gasteiger partial charge < -0.3 is 14.9 Å². The Kier molecular flexibility index (Phi) is 4.66. The van der Waals surface area contributed by atoms with Crippen molar-refractivity contribution in [3.8, 4) is 0 Å². The molecule has 0 spiro atoms. The maximum absolute atomic E-state index is 6.81. The van der Waals surface area contributed by atoms with Gasteiger partial charge in [0.1, 0.15) is 0 Å². The van der Waals surface area contributed by atoms with Gasteiger partial charge in [-0.3, -0.25) is 0 Å². The van der Waals surface area contributed by atoms with Crippen LogP contribution in [0.25, 0.3) is 0 Å². The van der Waals surface area contributed by atoms with Crippen LogP contribution < -0.4 is 16.1 Å². The normalized spacial score (nSPS) is 17.3. The molecular weight excluding hydrogens is 314 g/mol. The predicted octanol–water partition coefficient (Wildman–Crippen LogP) is 2.29. The molecule has 0 saturated carbocycles. The van der Waals surface area contributed by atoms with Gasteiger partial charge in [0, 0.05) is 0 Å². The van der Waals surface area contributed by atoms with Crippen LogP contribution in [0.15, 0.2) is 60.7 Å². The summed E-state index contributed by atoms with van der Waals surface area (Å²) in [6.45, 7) is 8.51. The van der Waals surface area contributed by atoms with Crippen LogP contribution in [-0.4, -0.2) is 33.7 Å². The molecule has 1 aliphatic rings. The van der Waals surface area contributed by atoms with Crippen LogP contribution in [-0.2, 0) is 9.16 Å². The molecule has 0 unspecified atom stereocenters. The Bertz CT molecular complexity index is 624. The molecule has 1 aliphatic heterocycles. The molecule has 1 fully saturated rings. The molecule has 3 rings (SSSR count). The Hall–Kier alpha value is -1.46. The zero-order chi connectivity index (χ0) is 17.3. The van der Waals surface area contributed by atoms with Gasteiger partial charge in [-0.25, -0.2) is 0 Å². The van der Waals surface area contributed by atoms with Crippen molar-refractivity contribution >= 4 is 18.7 Å². The van der Waals surface area contributed by atoms with Crippen molar-refractivity contribution in [2.45, 2.75) is 31.3 Å². The summed E-state index contributed by atoms with van der Waals surface area (Å²) in [4.78, 5) is 0. The van der Waals surface area contributed by atoms with Crippen LogP contribution in [0.2, 0.25) is 5.04 Å². The molecule has 1 saturated heterocycles. The summed E-state index contributed by atoms with van der Waals surface area (Å²) >= 11 is 0. The Morgan fingerprint density at radius 3 is 1.75 bits per heavy atom. The van der Waals surface area contributed by atoms with Gasteiger partial charge in [-0.1, -0.05) is 81.4 Å². The third kappa shape index (κ3) is 3.07. The lowest BCUT2D eigenvalue weighted by atomic mass is 10.0. The number of rotatable bonds is 5. The van der Waals surface area contributed by atoms with E-state index in [-0.39, 0.29) is 10.6 Å². The van der Waals surface area contributed by atoms with E-state index in [0.717, 1.165) is 0 Å². The van der Waals surface area contributed by atoms with Crippen LogP contribution >= 0.6 is 0 Å². The lowest BCUT2D eigenvalue weighted by Crippen LogP contribution is -2.70. The molecule has 0 aliphatic carbocycles. The zero-order valence-corrected chi connectivity index (χ0v) is 15.8. The summed E-state index contributed by atoms with van der Waals surface area (Å²) in [5, 5.41) is 2.55. The van der Waals surface area contributed by atoms with Crippen molar-refractivity contribution in [2.24, 2.45) is 5.73 Å². The molecule has 2 N–H and O–H groups in total. The van der Waals surface area contributed by atoms with Crippen LogP contribution in [0.4, 0.5) is 0 Å². The highest BCUT2D eigenvalue weighted by Gasteiger charge is 2.51. The molecule has 1 heterocycles. The molecule has 0 amide bonds. The summed E-state index contributed by atoms with van der Waals surface area (Å²) in [5.74, 6) is 0. The van der Waals surface area contributed by atoms with E-state index in [2.05, 4.69) is 81.4 Å². The van der Waals surface area contributed by atoms with Crippen molar-refractivity contribution in [3.63, 3.8) is 0 Å². The summed E-state index contributed by atoms with van der Waals surface area (Å²) in [7, 11) is -2.48. The highest BCUT2D eigenvalue weighted by atomic mass is 28.4. The van der Waals surface area contributed by atoms with Gasteiger partial charge in [-0.2, -0.15) is 0 Å². The van der Waals surface area contributed by atoms with E-state index >= 15 is 0 Å². The van der Waals surface area contributed by atoms with Crippen LogP contribution in [0.5, 0.6) is 0 Å². The highest BCUT2D eigenvalue weighted by molar-refractivity contribution is 6.99. The van der Waals surface area contributed by atoms with E-state index in [9.17, 15) is 0 Å². The molecule has 24 heavy (non-hydrogen) atoms. The number of hydrogen-bond donors (Lipinski definition) is 1. The number of benzene rings is 2. The second kappa shape index (κ2) is 6.45. The topological polar surface area (TPSA) is 44.5 Å². The molecule has 3 nitrogen and oxygen atoms in total. The minimum atomic E-state index is -2.48. The molecule has 0 bridgehead atoms. The van der Waals surface area contributed by atoms with Crippen LogP contribution in [0, 0.1) is 0 Å². The van der Waals surface area contributed by atoms with E-state index in [1.54, 1.807) is 0 Å². The first-order chi connectivity index (χ1) is 11.4. The fourth-order valence-electron chi connectivity index (χ4n) is 3.46. The fourth-order valence-corrected chi connectivity index (χ4v) is 8.12. The third-order valence-corrected chi connectivity index (χ3v) is 9.75. The van der Waals surface area contributed by atoms with Gasteiger partial charge in [-0.05, 0) is 15.4 Å². The molecule has 0 radical (unpaired) electrons. The predicted molar refractivity (Wildman–Crippen MR) is 101 cm³/mol. The fraction of sp³-hybridized carbons (Fsp3) is 0.400. The van der Waals surface area contributed by atoms with E-state index in [1.807, 2.05) is 0 Å². The Balaban J connectivity index is 2.10. The molecule has 2 aromatic rings. The van der Waals surface area contributed by atoms with Crippen LogP contribution in [0.1, 0.15) is 20.8 Å². The summed E-state index contributed by atoms with van der Waals surface area (Å²) in [5.41, 5.74) is 6.03. The monoisotopic (exact) mass is 341 g/mol. The maximum atomic E-state index is 6.81. The smallest absolute Gasteiger partial charge is 0.261 e. The lowest BCUT2D eigenvalue weighted by Gasteiger charge is -2.46. The van der Waals surface area contributed by atoms with Gasteiger partial charge in [0.2, 0.25) is 0 Å². The van der Waals surface area contributed by atoms with E-state index in [0.29, 0.717) is 19.8 Å². The van der Waals surface area contributed by atoms with Crippen molar-refractivity contribution in [2.75, 3.05) is 19.8 Å². The zero-order valence-electron chi connectivity index (χ0n) is 14.8. The van der Waals surface area contributed by atoms with Gasteiger partial charge in [0.15, 0.2) is 0 Å². The SMILES string of the molecule is CC(C)(C)[Si](OCC1(N)COC1)(c1ccccc1)c1ccccc1. The van der Waals surface area contributed by atoms with E-state index in [4.69, 9.17) is 14.9 Å². The number of hydrogen-bond acceptors (Lipinski definition) is 3. The number of nitrogens with two attached hydrogens (primary N) is 1. The van der Waals surface area contributed by atoms with Gasteiger partial charge in [0.05, 0.1) is 25.4 Å². The minimum Gasteiger partial charge on any atom is -0.405 e. The molecular formula is C20H27NO2Si. The maximum Gasteiger partial charge on any atom is 0.261 e. The first-order valence-electron chi connectivity index (χ1n) is 8.49. The standard InChI is InChI=1S/C20H27NO2Si/c1-19(2,3)24(17-10-6-4-7-11-17,18-12-8-5-9-13-18)23-16-20(21)14-22-15-20/h4-13H,14-16,21H2,1-3H3. The second-order valence-corrected chi connectivity index (χ2v) is 12.1. The van der Waals surface area contributed by atoms with Crippen LogP contribution in [0.3, 0.4) is 0 Å². The first-order valence-corrected chi connectivity index (χ1v) is 10.4. The molecule has 4 heteroatoms. The molecule has 128 valence electrons. The lowest BCUT2D eigenvalue weighted by molar-refractivity contribution is -0.0737. The van der Waals surface area contributed by atoms with Crippen molar-refractivity contribution in [1.29, 1.82) is 0 Å². The third-order valence-electron chi connectivity index (χ3n) is 4.77. The average molecular weight is 342 g/mol. The summed E-state index contributed by atoms with van der Waals surface area (Å²) in [6.07, 6.45) is 0. The number of ether oxygens (including phenoxy) is 1. The van der Waals surface area contributed by atoms with E-state index < -0.39 is 8.32 Å². The average Bonchev–Trinajstić information content (AvgIpc) is 2.54. The van der Waals surface area contributed by atoms with Gasteiger partial charge in [-0.15, -0.1) is 0 Å². The molecule has 2 aromatic carbocycles. The molecule has 0 aromatic heterocycles.